The number of hydrogen-bond donors (Lipinski definition) is 0. The molecule has 0 radical (unpaired) electrons. The zero-order chi connectivity index (χ0) is 12.8. The van der Waals surface area contributed by atoms with Crippen LogP contribution in [-0.2, 0) is 18.1 Å². The molecule has 4 nitrogen and oxygen atoms in total. The van der Waals surface area contributed by atoms with Crippen molar-refractivity contribution in [2.24, 2.45) is 5.41 Å². The molecule has 2 rings (SSSR count). The van der Waals surface area contributed by atoms with Gasteiger partial charge in [-0.3, -0.25) is 0 Å². The van der Waals surface area contributed by atoms with Crippen LogP contribution in [0.15, 0.2) is 11.5 Å². The van der Waals surface area contributed by atoms with Gasteiger partial charge < -0.3 is 0 Å². The Morgan fingerprint density at radius 1 is 1.12 bits per heavy atom. The summed E-state index contributed by atoms with van der Waals surface area (Å²) in [7, 11) is 0. The van der Waals surface area contributed by atoms with Gasteiger partial charge in [0.25, 0.3) is 0 Å². The molecule has 0 aromatic carbocycles. The molecule has 0 bridgehead atoms. The first-order valence-corrected chi connectivity index (χ1v) is 9.35. The fraction of sp³-hybridized carbons (Fsp3) is 0.818. The summed E-state index contributed by atoms with van der Waals surface area (Å²) in [6.45, 7) is 7.82. The quantitative estimate of drug-likeness (QED) is 0.707. The molecule has 1 saturated heterocycles. The van der Waals surface area contributed by atoms with Crippen LogP contribution >= 0.6 is 18.1 Å². The molecule has 2 aliphatic rings. The first-order chi connectivity index (χ1) is 7.80. The molecule has 1 fully saturated rings. The summed E-state index contributed by atoms with van der Waals surface area (Å²) in [5.41, 5.74) is 0.00850. The van der Waals surface area contributed by atoms with Crippen molar-refractivity contribution in [3.63, 3.8) is 0 Å². The average Bonchev–Trinajstić information content (AvgIpc) is 2.48. The van der Waals surface area contributed by atoms with Gasteiger partial charge in [0.05, 0.1) is 0 Å². The molecule has 0 atom stereocenters. The third-order valence-corrected chi connectivity index (χ3v) is 8.78. The fourth-order valence-corrected chi connectivity index (χ4v) is 7.96. The summed E-state index contributed by atoms with van der Waals surface area (Å²) in [6, 6.07) is 0. The Labute approximate surface area is 107 Å². The molecule has 0 N–H and O–H groups in total. The maximum absolute atomic E-state index is 6.00. The molecule has 0 aromatic heterocycles. The third kappa shape index (κ3) is 2.30. The van der Waals surface area contributed by atoms with Crippen LogP contribution in [-0.4, -0.2) is 19.0 Å². The van der Waals surface area contributed by atoms with E-state index in [1.807, 2.05) is 20.8 Å². The molecule has 0 aliphatic carbocycles. The third-order valence-electron chi connectivity index (χ3n) is 2.74. The summed E-state index contributed by atoms with van der Waals surface area (Å²) in [6.07, 6.45) is 0. The fourth-order valence-electron chi connectivity index (χ4n) is 1.68. The van der Waals surface area contributed by atoms with Gasteiger partial charge in [-0.2, -0.15) is 0 Å². The van der Waals surface area contributed by atoms with Crippen molar-refractivity contribution < 1.29 is 18.1 Å². The van der Waals surface area contributed by atoms with Crippen molar-refractivity contribution in [1.82, 2.24) is 0 Å². The first kappa shape index (κ1) is 13.5. The van der Waals surface area contributed by atoms with Crippen LogP contribution in [0.25, 0.3) is 0 Å². The molecule has 2 aliphatic heterocycles. The molecule has 17 heavy (non-hydrogen) atoms. The van der Waals surface area contributed by atoms with Gasteiger partial charge in [0, 0.05) is 0 Å². The van der Waals surface area contributed by atoms with Crippen LogP contribution < -0.4 is 0 Å². The van der Waals surface area contributed by atoms with E-state index in [1.54, 1.807) is 0 Å². The van der Waals surface area contributed by atoms with Gasteiger partial charge in [0.15, 0.2) is 0 Å². The van der Waals surface area contributed by atoms with Crippen LogP contribution in [0.1, 0.15) is 34.6 Å². The second-order valence-electron chi connectivity index (χ2n) is 5.17. The zero-order valence-electron chi connectivity index (χ0n) is 11.1. The number of allylic oxidation sites excluding steroid dienone is 2. The Kier molecular flexibility index (Phi) is 3.19. The predicted octanol–water partition coefficient (Wildman–Crippen LogP) is 4.24. The molecular weight excluding hydrogens is 259 g/mol. The molecule has 0 aromatic rings. The summed E-state index contributed by atoms with van der Waals surface area (Å²) in [5.74, 6) is 2.37. The second kappa shape index (κ2) is 4.02. The van der Waals surface area contributed by atoms with Crippen molar-refractivity contribution >= 4 is 18.1 Å². The molecule has 2 heterocycles. The minimum absolute atomic E-state index is 0.00850. The van der Waals surface area contributed by atoms with E-state index in [4.69, 9.17) is 18.1 Å². The van der Waals surface area contributed by atoms with E-state index < -0.39 is 6.71 Å². The van der Waals surface area contributed by atoms with Crippen LogP contribution in [0.3, 0.4) is 0 Å². The van der Waals surface area contributed by atoms with Crippen LogP contribution in [0.2, 0.25) is 0 Å². The number of rotatable bonds is 2. The monoisotopic (exact) mass is 280 g/mol. The molecular formula is C11H21O4PS. The summed E-state index contributed by atoms with van der Waals surface area (Å²) in [4.78, 5) is 0. The van der Waals surface area contributed by atoms with Crippen molar-refractivity contribution in [3.05, 3.63) is 11.5 Å². The van der Waals surface area contributed by atoms with Gasteiger partial charge in [0.2, 0.25) is 0 Å². The second-order valence-corrected chi connectivity index (χ2v) is 10.9. The molecule has 1 spiro atoms. The normalized spacial score (nSPS) is 31.5. The van der Waals surface area contributed by atoms with Gasteiger partial charge in [-0.25, -0.2) is 0 Å². The van der Waals surface area contributed by atoms with E-state index in [9.17, 15) is 0 Å². The molecule has 0 amide bonds. The van der Waals surface area contributed by atoms with E-state index in [0.717, 1.165) is 17.3 Å². The maximum atomic E-state index is 6.00. The van der Waals surface area contributed by atoms with Gasteiger partial charge >= 0.3 is 107 Å². The summed E-state index contributed by atoms with van der Waals surface area (Å²) >= 11 is 1.52. The molecule has 0 saturated carbocycles. The van der Waals surface area contributed by atoms with Gasteiger partial charge in [-0.05, 0) is 0 Å². The summed E-state index contributed by atoms with van der Waals surface area (Å²) < 4.78 is 23.9. The molecule has 0 unspecified atom stereocenters. The summed E-state index contributed by atoms with van der Waals surface area (Å²) in [5, 5.41) is 0. The van der Waals surface area contributed by atoms with Gasteiger partial charge in [0.1, 0.15) is 0 Å². The van der Waals surface area contributed by atoms with E-state index in [-0.39, 0.29) is 5.41 Å². The Bertz CT molecular complexity index is 338. The van der Waals surface area contributed by atoms with Gasteiger partial charge in [-0.1, -0.05) is 0 Å². The predicted molar refractivity (Wildman–Crippen MR) is 71.3 cm³/mol. The minimum atomic E-state index is -3.42. The molecule has 6 heteroatoms. The van der Waals surface area contributed by atoms with Crippen molar-refractivity contribution in [2.75, 3.05) is 19.0 Å². The Morgan fingerprint density at radius 2 is 1.59 bits per heavy atom. The van der Waals surface area contributed by atoms with E-state index in [2.05, 4.69) is 13.8 Å². The SMILES string of the molecule is CCSP12(OCC(C)(C)CO1)OC(C)=C(C)O2. The first-order valence-electron chi connectivity index (χ1n) is 5.85. The van der Waals surface area contributed by atoms with Crippen molar-refractivity contribution in [2.45, 2.75) is 34.6 Å². The standard InChI is InChI=1S/C11H21O4PS/c1-6-17-16(14-9(2)10(3)15-16)12-7-11(4,5)8-13-16/h6-8H2,1-5H3. The van der Waals surface area contributed by atoms with Crippen LogP contribution in [0, 0.1) is 5.41 Å². The van der Waals surface area contributed by atoms with E-state index in [0.29, 0.717) is 13.2 Å². The number of hydrogen-bond acceptors (Lipinski definition) is 5. The van der Waals surface area contributed by atoms with Gasteiger partial charge in [-0.15, -0.1) is 0 Å². The zero-order valence-corrected chi connectivity index (χ0v) is 12.8. The van der Waals surface area contributed by atoms with Crippen molar-refractivity contribution in [3.8, 4) is 0 Å². The van der Waals surface area contributed by atoms with Crippen molar-refractivity contribution in [1.29, 1.82) is 0 Å². The van der Waals surface area contributed by atoms with Crippen LogP contribution in [0.5, 0.6) is 0 Å². The van der Waals surface area contributed by atoms with E-state index >= 15 is 0 Å². The topological polar surface area (TPSA) is 36.9 Å². The average molecular weight is 280 g/mol. The Morgan fingerprint density at radius 3 is 2.00 bits per heavy atom. The van der Waals surface area contributed by atoms with Crippen LogP contribution in [0.4, 0.5) is 0 Å². The Hall–Kier alpha value is 0.0400. The Balaban J connectivity index is 2.25. The van der Waals surface area contributed by atoms with E-state index in [1.165, 1.54) is 11.4 Å². The molecule has 100 valence electrons.